The second kappa shape index (κ2) is 5.99. The Morgan fingerprint density at radius 1 is 1.32 bits per heavy atom. The number of carbonyl (C=O) groups excluding carboxylic acids is 2. The molecule has 2 atom stereocenters. The van der Waals surface area contributed by atoms with Gasteiger partial charge in [-0.2, -0.15) is 0 Å². The smallest absolute Gasteiger partial charge is 0.263 e. The van der Waals surface area contributed by atoms with Gasteiger partial charge < -0.3 is 15.0 Å². The fourth-order valence-corrected chi connectivity index (χ4v) is 3.27. The first kappa shape index (κ1) is 14.9. The Labute approximate surface area is 130 Å². The van der Waals surface area contributed by atoms with Gasteiger partial charge in [-0.1, -0.05) is 17.7 Å². The number of ether oxygens (including phenoxy) is 1. The second-order valence-corrected chi connectivity index (χ2v) is 6.14. The molecule has 0 radical (unpaired) electrons. The summed E-state index contributed by atoms with van der Waals surface area (Å²) in [7, 11) is 1.63. The van der Waals surface area contributed by atoms with Crippen LogP contribution in [0, 0.1) is 12.8 Å². The summed E-state index contributed by atoms with van der Waals surface area (Å²) in [6.07, 6.45) is 1.88. The zero-order valence-corrected chi connectivity index (χ0v) is 13.1. The molecule has 1 fully saturated rings. The van der Waals surface area contributed by atoms with Crippen molar-refractivity contribution in [3.05, 3.63) is 29.3 Å². The molecular formula is C17H22N2O3. The van der Waals surface area contributed by atoms with Crippen LogP contribution >= 0.6 is 0 Å². The van der Waals surface area contributed by atoms with Crippen LogP contribution in [0.4, 0.5) is 0 Å². The monoisotopic (exact) mass is 302 g/mol. The number of hydrogen-bond acceptors (Lipinski definition) is 3. The van der Waals surface area contributed by atoms with Crippen LogP contribution in [0.25, 0.3) is 0 Å². The first-order valence-electron chi connectivity index (χ1n) is 7.85. The Hall–Kier alpha value is -2.04. The first-order chi connectivity index (χ1) is 10.6. The maximum absolute atomic E-state index is 12.6. The summed E-state index contributed by atoms with van der Waals surface area (Å²) < 4.78 is 5.89. The van der Waals surface area contributed by atoms with Gasteiger partial charge >= 0.3 is 0 Å². The van der Waals surface area contributed by atoms with Gasteiger partial charge in [0.15, 0.2) is 6.10 Å². The van der Waals surface area contributed by atoms with Crippen LogP contribution in [0.3, 0.4) is 0 Å². The van der Waals surface area contributed by atoms with Gasteiger partial charge in [-0.25, -0.2) is 0 Å². The van der Waals surface area contributed by atoms with Crippen molar-refractivity contribution in [3.63, 3.8) is 0 Å². The van der Waals surface area contributed by atoms with Crippen molar-refractivity contribution in [2.24, 2.45) is 5.92 Å². The molecule has 1 N–H and O–H groups in total. The normalized spacial score (nSPS) is 23.6. The van der Waals surface area contributed by atoms with Crippen LogP contribution < -0.4 is 10.1 Å². The first-order valence-corrected chi connectivity index (χ1v) is 7.85. The summed E-state index contributed by atoms with van der Waals surface area (Å²) in [6.45, 7) is 3.19. The number of nitrogens with one attached hydrogen (secondary N) is 1. The molecule has 3 rings (SSSR count). The van der Waals surface area contributed by atoms with Crippen molar-refractivity contribution < 1.29 is 14.3 Å². The Balaban J connectivity index is 1.65. The molecule has 0 spiro atoms. The molecule has 1 saturated heterocycles. The molecule has 0 saturated carbocycles. The largest absolute Gasteiger partial charge is 0.480 e. The molecule has 118 valence electrons. The van der Waals surface area contributed by atoms with Crippen LogP contribution in [0.5, 0.6) is 5.75 Å². The lowest BCUT2D eigenvalue weighted by atomic mass is 10.00. The number of amides is 2. The Bertz CT molecular complexity index is 600. The van der Waals surface area contributed by atoms with E-state index < -0.39 is 6.10 Å². The highest BCUT2D eigenvalue weighted by atomic mass is 16.5. The third kappa shape index (κ3) is 2.80. The molecule has 1 aromatic carbocycles. The number of rotatable bonds is 2. The van der Waals surface area contributed by atoms with E-state index in [4.69, 9.17) is 4.74 Å². The van der Waals surface area contributed by atoms with E-state index in [9.17, 15) is 9.59 Å². The fourth-order valence-electron chi connectivity index (χ4n) is 3.27. The molecule has 5 heteroatoms. The van der Waals surface area contributed by atoms with Gasteiger partial charge in [-0.05, 0) is 37.8 Å². The molecule has 5 nitrogen and oxygen atoms in total. The molecule has 2 aliphatic rings. The number of likely N-dealkylation sites (tertiary alicyclic amines) is 1. The van der Waals surface area contributed by atoms with E-state index in [2.05, 4.69) is 18.3 Å². The summed E-state index contributed by atoms with van der Waals surface area (Å²) in [5, 5.41) is 2.66. The number of benzene rings is 1. The summed E-state index contributed by atoms with van der Waals surface area (Å²) in [5.41, 5.74) is 2.38. The average molecular weight is 302 g/mol. The molecule has 2 unspecified atom stereocenters. The van der Waals surface area contributed by atoms with Crippen LogP contribution in [0.1, 0.15) is 24.0 Å². The minimum Gasteiger partial charge on any atom is -0.480 e. The van der Waals surface area contributed by atoms with Crippen molar-refractivity contribution in [1.82, 2.24) is 10.2 Å². The second-order valence-electron chi connectivity index (χ2n) is 6.14. The molecule has 0 bridgehead atoms. The summed E-state index contributed by atoms with van der Waals surface area (Å²) in [4.78, 5) is 26.0. The molecule has 0 aliphatic carbocycles. The van der Waals surface area contributed by atoms with Crippen LogP contribution in [-0.2, 0) is 16.0 Å². The van der Waals surface area contributed by atoms with E-state index in [0.717, 1.165) is 18.6 Å². The standard InChI is InChI=1S/C17H22N2O3/c1-11-3-5-14-12(9-11)4-6-15(22-14)17(21)19-8-7-13(10-19)16(20)18-2/h3,5,9,13,15H,4,6-8,10H2,1-2H3,(H,18,20). The van der Waals surface area contributed by atoms with Crippen molar-refractivity contribution in [1.29, 1.82) is 0 Å². The highest BCUT2D eigenvalue weighted by molar-refractivity contribution is 5.84. The summed E-state index contributed by atoms with van der Waals surface area (Å²) >= 11 is 0. The Morgan fingerprint density at radius 2 is 2.14 bits per heavy atom. The number of aryl methyl sites for hydroxylation is 2. The zero-order valence-electron chi connectivity index (χ0n) is 13.1. The van der Waals surface area contributed by atoms with Gasteiger partial charge in [0.2, 0.25) is 5.91 Å². The number of nitrogens with zero attached hydrogens (tertiary/aromatic N) is 1. The lowest BCUT2D eigenvalue weighted by Crippen LogP contribution is -2.43. The zero-order chi connectivity index (χ0) is 15.7. The number of carbonyl (C=O) groups is 2. The van der Waals surface area contributed by atoms with Crippen molar-refractivity contribution in [2.75, 3.05) is 20.1 Å². The number of fused-ring (bicyclic) bond motifs is 1. The van der Waals surface area contributed by atoms with Crippen LogP contribution in [-0.4, -0.2) is 43.0 Å². The topological polar surface area (TPSA) is 58.6 Å². The van der Waals surface area contributed by atoms with Crippen LogP contribution in [0.2, 0.25) is 0 Å². The predicted molar refractivity (Wildman–Crippen MR) is 82.7 cm³/mol. The average Bonchev–Trinajstić information content (AvgIpc) is 3.02. The van der Waals surface area contributed by atoms with Gasteiger partial charge in [0.05, 0.1) is 5.92 Å². The Morgan fingerprint density at radius 3 is 2.91 bits per heavy atom. The van der Waals surface area contributed by atoms with E-state index in [1.807, 2.05) is 12.1 Å². The lowest BCUT2D eigenvalue weighted by molar-refractivity contribution is -0.138. The fraction of sp³-hybridized carbons (Fsp3) is 0.529. The van der Waals surface area contributed by atoms with Gasteiger partial charge in [-0.3, -0.25) is 9.59 Å². The van der Waals surface area contributed by atoms with Gasteiger partial charge in [-0.15, -0.1) is 0 Å². The van der Waals surface area contributed by atoms with E-state index >= 15 is 0 Å². The van der Waals surface area contributed by atoms with Crippen LogP contribution in [0.15, 0.2) is 18.2 Å². The highest BCUT2D eigenvalue weighted by Gasteiger charge is 2.35. The Kier molecular flexibility index (Phi) is 4.05. The maximum atomic E-state index is 12.6. The third-order valence-electron chi connectivity index (χ3n) is 4.55. The molecule has 0 aromatic heterocycles. The lowest BCUT2D eigenvalue weighted by Gasteiger charge is -2.28. The van der Waals surface area contributed by atoms with Crippen molar-refractivity contribution >= 4 is 11.8 Å². The summed E-state index contributed by atoms with van der Waals surface area (Å²) in [6, 6.07) is 6.07. The third-order valence-corrected chi connectivity index (χ3v) is 4.55. The molecular weight excluding hydrogens is 280 g/mol. The van der Waals surface area contributed by atoms with Crippen molar-refractivity contribution in [3.8, 4) is 5.75 Å². The highest BCUT2D eigenvalue weighted by Crippen LogP contribution is 2.30. The van der Waals surface area contributed by atoms with E-state index in [1.165, 1.54) is 11.1 Å². The SMILES string of the molecule is CNC(=O)C1CCN(C(=O)C2CCc3cc(C)ccc3O2)C1. The maximum Gasteiger partial charge on any atom is 0.263 e. The quantitative estimate of drug-likeness (QED) is 0.895. The molecule has 1 aromatic rings. The van der Waals surface area contributed by atoms with Crippen molar-refractivity contribution in [2.45, 2.75) is 32.3 Å². The predicted octanol–water partition coefficient (Wildman–Crippen LogP) is 1.28. The molecule has 2 amide bonds. The minimum atomic E-state index is -0.418. The van der Waals surface area contributed by atoms with Gasteiger partial charge in [0, 0.05) is 20.1 Å². The van der Waals surface area contributed by atoms with E-state index in [-0.39, 0.29) is 17.7 Å². The molecule has 22 heavy (non-hydrogen) atoms. The van der Waals surface area contributed by atoms with Gasteiger partial charge in [0.1, 0.15) is 5.75 Å². The van der Waals surface area contributed by atoms with E-state index in [1.54, 1.807) is 11.9 Å². The van der Waals surface area contributed by atoms with Gasteiger partial charge in [0.25, 0.3) is 5.91 Å². The number of hydrogen-bond donors (Lipinski definition) is 1. The van der Waals surface area contributed by atoms with E-state index in [0.29, 0.717) is 19.5 Å². The summed E-state index contributed by atoms with van der Waals surface area (Å²) in [5.74, 6) is 0.753. The molecule has 2 aliphatic heterocycles. The minimum absolute atomic E-state index is 0.0117. The molecule has 2 heterocycles.